The molecule has 1 aromatic heterocycles. The third-order valence-electron chi connectivity index (χ3n) is 3.29. The van der Waals surface area contributed by atoms with Crippen LogP contribution in [0.5, 0.6) is 0 Å². The van der Waals surface area contributed by atoms with Crippen molar-refractivity contribution in [2.45, 2.75) is 51.6 Å². The van der Waals surface area contributed by atoms with E-state index >= 15 is 0 Å². The molecule has 1 heterocycles. The van der Waals surface area contributed by atoms with Gasteiger partial charge in [-0.1, -0.05) is 32.8 Å². The Kier molecular flexibility index (Phi) is 3.81. The van der Waals surface area contributed by atoms with Crippen molar-refractivity contribution in [3.8, 4) is 0 Å². The first-order chi connectivity index (χ1) is 7.27. The van der Waals surface area contributed by atoms with E-state index in [1.54, 1.807) is 0 Å². The molecule has 1 aliphatic rings. The van der Waals surface area contributed by atoms with Crippen molar-refractivity contribution >= 4 is 11.3 Å². The van der Waals surface area contributed by atoms with Crippen LogP contribution < -0.4 is 5.32 Å². The van der Waals surface area contributed by atoms with Gasteiger partial charge in [-0.25, -0.2) is 0 Å². The van der Waals surface area contributed by atoms with Crippen molar-refractivity contribution in [1.29, 1.82) is 0 Å². The van der Waals surface area contributed by atoms with Crippen LogP contribution in [0, 0.1) is 5.92 Å². The van der Waals surface area contributed by atoms with Gasteiger partial charge in [-0.05, 0) is 30.2 Å². The Morgan fingerprint density at radius 3 is 2.60 bits per heavy atom. The molecule has 1 N–H and O–H groups in total. The maximum atomic E-state index is 3.83. The minimum Gasteiger partial charge on any atom is -0.306 e. The van der Waals surface area contributed by atoms with Crippen molar-refractivity contribution in [3.05, 3.63) is 22.4 Å². The van der Waals surface area contributed by atoms with Gasteiger partial charge >= 0.3 is 0 Å². The molecule has 1 nitrogen and oxygen atoms in total. The van der Waals surface area contributed by atoms with Crippen LogP contribution in [0.3, 0.4) is 0 Å². The number of rotatable bonds is 4. The molecule has 15 heavy (non-hydrogen) atoms. The molecule has 1 fully saturated rings. The Morgan fingerprint density at radius 1 is 1.33 bits per heavy atom. The van der Waals surface area contributed by atoms with Crippen LogP contribution >= 0.6 is 11.3 Å². The lowest BCUT2D eigenvalue weighted by Crippen LogP contribution is -2.33. The van der Waals surface area contributed by atoms with Crippen LogP contribution in [0.4, 0.5) is 0 Å². The lowest BCUT2D eigenvalue weighted by Gasteiger charge is -2.25. The van der Waals surface area contributed by atoms with Crippen LogP contribution in [0.1, 0.15) is 50.4 Å². The Bertz CT molecular complexity index is 273. The van der Waals surface area contributed by atoms with Crippen molar-refractivity contribution in [2.24, 2.45) is 5.92 Å². The van der Waals surface area contributed by atoms with Crippen molar-refractivity contribution in [3.63, 3.8) is 0 Å². The summed E-state index contributed by atoms with van der Waals surface area (Å²) in [5.41, 5.74) is 0. The second kappa shape index (κ2) is 5.13. The van der Waals surface area contributed by atoms with E-state index in [2.05, 4.69) is 36.7 Å². The number of hydrogen-bond acceptors (Lipinski definition) is 2. The molecule has 1 aromatic rings. The molecule has 2 rings (SSSR count). The predicted molar refractivity (Wildman–Crippen MR) is 67.3 cm³/mol. The molecule has 1 aliphatic carbocycles. The average molecular weight is 223 g/mol. The van der Waals surface area contributed by atoms with Gasteiger partial charge in [-0.2, -0.15) is 0 Å². The lowest BCUT2D eigenvalue weighted by molar-refractivity contribution is 0.365. The largest absolute Gasteiger partial charge is 0.306 e. The van der Waals surface area contributed by atoms with Gasteiger partial charge in [0.05, 0.1) is 0 Å². The molecular formula is C13H21NS. The third kappa shape index (κ3) is 2.82. The zero-order valence-electron chi connectivity index (χ0n) is 9.70. The van der Waals surface area contributed by atoms with Crippen molar-refractivity contribution < 1.29 is 0 Å². The van der Waals surface area contributed by atoms with Crippen LogP contribution in [0.15, 0.2) is 17.5 Å². The van der Waals surface area contributed by atoms with Gasteiger partial charge in [-0.15, -0.1) is 11.3 Å². The minimum atomic E-state index is 0.563. The summed E-state index contributed by atoms with van der Waals surface area (Å²) in [4.78, 5) is 1.50. The molecule has 1 unspecified atom stereocenters. The average Bonchev–Trinajstić information content (AvgIpc) is 2.87. The lowest BCUT2D eigenvalue weighted by atomic mass is 10.0. The number of nitrogens with one attached hydrogen (secondary N) is 1. The van der Waals surface area contributed by atoms with E-state index in [-0.39, 0.29) is 0 Å². The Balaban J connectivity index is 2.00. The van der Waals surface area contributed by atoms with Crippen molar-refractivity contribution in [2.75, 3.05) is 0 Å². The predicted octanol–water partition coefficient (Wildman–Crippen LogP) is 3.98. The van der Waals surface area contributed by atoms with E-state index in [4.69, 9.17) is 0 Å². The number of hydrogen-bond donors (Lipinski definition) is 1. The van der Waals surface area contributed by atoms with E-state index in [0.717, 1.165) is 6.04 Å². The first-order valence-corrected chi connectivity index (χ1v) is 6.95. The van der Waals surface area contributed by atoms with Gasteiger partial charge in [0.1, 0.15) is 0 Å². The summed E-state index contributed by atoms with van der Waals surface area (Å²) in [7, 11) is 0. The maximum Gasteiger partial charge on any atom is 0.0440 e. The van der Waals surface area contributed by atoms with Gasteiger partial charge in [0, 0.05) is 17.0 Å². The summed E-state index contributed by atoms with van der Waals surface area (Å²) in [5.74, 6) is 0.684. The molecule has 0 amide bonds. The first-order valence-electron chi connectivity index (χ1n) is 6.07. The highest BCUT2D eigenvalue weighted by atomic mass is 32.1. The minimum absolute atomic E-state index is 0.563. The molecule has 0 bridgehead atoms. The van der Waals surface area contributed by atoms with Gasteiger partial charge in [-0.3, -0.25) is 0 Å². The standard InChI is InChI=1S/C13H21NS/c1-10(2)13(12-8-5-9-15-12)14-11-6-3-4-7-11/h5,8-11,13-14H,3-4,6-7H2,1-2H3. The highest BCUT2D eigenvalue weighted by Gasteiger charge is 2.22. The molecule has 1 atom stereocenters. The van der Waals surface area contributed by atoms with E-state index < -0.39 is 0 Å². The summed E-state index contributed by atoms with van der Waals surface area (Å²) in [6, 6.07) is 5.75. The number of thiophene rings is 1. The van der Waals surface area contributed by atoms with Gasteiger partial charge in [0.25, 0.3) is 0 Å². The van der Waals surface area contributed by atoms with E-state index in [1.165, 1.54) is 30.6 Å². The zero-order chi connectivity index (χ0) is 10.7. The molecule has 0 saturated heterocycles. The Hall–Kier alpha value is -0.340. The summed E-state index contributed by atoms with van der Waals surface area (Å²) >= 11 is 1.88. The SMILES string of the molecule is CC(C)C(NC1CCCC1)c1cccs1. The fraction of sp³-hybridized carbons (Fsp3) is 0.692. The van der Waals surface area contributed by atoms with Gasteiger partial charge < -0.3 is 5.32 Å². The van der Waals surface area contributed by atoms with Crippen LogP contribution in [0.2, 0.25) is 0 Å². The summed E-state index contributed by atoms with van der Waals surface area (Å²) in [6.07, 6.45) is 5.56. The normalized spacial score (nSPS) is 19.9. The second-order valence-electron chi connectivity index (χ2n) is 4.89. The molecule has 0 aliphatic heterocycles. The molecule has 1 saturated carbocycles. The van der Waals surface area contributed by atoms with Crippen LogP contribution in [-0.4, -0.2) is 6.04 Å². The molecule has 0 radical (unpaired) electrons. The fourth-order valence-electron chi connectivity index (χ4n) is 2.42. The summed E-state index contributed by atoms with van der Waals surface area (Å²) < 4.78 is 0. The van der Waals surface area contributed by atoms with Gasteiger partial charge in [0.2, 0.25) is 0 Å². The quantitative estimate of drug-likeness (QED) is 0.814. The fourth-order valence-corrected chi connectivity index (χ4v) is 3.38. The summed E-state index contributed by atoms with van der Waals surface area (Å²) in [6.45, 7) is 4.62. The second-order valence-corrected chi connectivity index (χ2v) is 5.86. The zero-order valence-corrected chi connectivity index (χ0v) is 10.5. The first kappa shape index (κ1) is 11.2. The highest BCUT2D eigenvalue weighted by molar-refractivity contribution is 7.10. The van der Waals surface area contributed by atoms with Crippen LogP contribution in [0.25, 0.3) is 0 Å². The summed E-state index contributed by atoms with van der Waals surface area (Å²) in [5, 5.41) is 6.01. The van der Waals surface area contributed by atoms with E-state index in [1.807, 2.05) is 11.3 Å². The molecular weight excluding hydrogens is 202 g/mol. The molecule has 84 valence electrons. The molecule has 0 spiro atoms. The maximum absolute atomic E-state index is 3.83. The van der Waals surface area contributed by atoms with E-state index in [9.17, 15) is 0 Å². The third-order valence-corrected chi connectivity index (χ3v) is 4.24. The van der Waals surface area contributed by atoms with Crippen LogP contribution in [-0.2, 0) is 0 Å². The van der Waals surface area contributed by atoms with Crippen molar-refractivity contribution in [1.82, 2.24) is 5.32 Å². The topological polar surface area (TPSA) is 12.0 Å². The monoisotopic (exact) mass is 223 g/mol. The Labute approximate surface area is 96.9 Å². The molecule has 2 heteroatoms. The smallest absolute Gasteiger partial charge is 0.0440 e. The van der Waals surface area contributed by atoms with Gasteiger partial charge in [0.15, 0.2) is 0 Å². The molecule has 0 aromatic carbocycles. The highest BCUT2D eigenvalue weighted by Crippen LogP contribution is 2.29. The Morgan fingerprint density at radius 2 is 2.07 bits per heavy atom. The van der Waals surface area contributed by atoms with E-state index in [0.29, 0.717) is 12.0 Å².